The first-order valence-electron chi connectivity index (χ1n) is 13.9. The van der Waals surface area contributed by atoms with E-state index in [0.717, 1.165) is 81.2 Å². The average molecular weight is 546 g/mol. The highest BCUT2D eigenvalue weighted by atomic mass is 19.2. The van der Waals surface area contributed by atoms with Gasteiger partial charge in [0.25, 0.3) is 0 Å². The molecule has 0 atom stereocenters. The van der Waals surface area contributed by atoms with Gasteiger partial charge in [0, 0.05) is 49.6 Å². The number of hydrogen-bond donors (Lipinski definition) is 1. The molecule has 40 heavy (non-hydrogen) atoms. The molecule has 0 amide bonds. The van der Waals surface area contributed by atoms with Crippen LogP contribution in [0.3, 0.4) is 0 Å². The minimum Gasteiger partial charge on any atom is -0.384 e. The van der Waals surface area contributed by atoms with Gasteiger partial charge in [-0.3, -0.25) is 14.6 Å². The van der Waals surface area contributed by atoms with Gasteiger partial charge in [-0.2, -0.15) is 0 Å². The normalized spacial score (nSPS) is 17.9. The Hall–Kier alpha value is -3.76. The number of fused-ring (bicyclic) bond motifs is 1. The molecule has 2 N–H and O–H groups in total. The molecule has 2 aliphatic rings. The van der Waals surface area contributed by atoms with Crippen molar-refractivity contribution in [1.82, 2.24) is 29.3 Å². The van der Waals surface area contributed by atoms with Crippen LogP contribution in [0.2, 0.25) is 0 Å². The van der Waals surface area contributed by atoms with Crippen LogP contribution in [-0.2, 0) is 11.3 Å². The third-order valence-electron chi connectivity index (χ3n) is 8.22. The molecule has 2 aliphatic heterocycles. The molecule has 2 fully saturated rings. The minimum absolute atomic E-state index is 0.0956. The van der Waals surface area contributed by atoms with Crippen LogP contribution < -0.4 is 5.73 Å². The molecule has 0 spiro atoms. The fraction of sp³-hybridized carbons (Fsp3) is 0.400. The SMILES string of the molecule is Nc1cc(CN2CCC(C(=O)CN3CCC(n4c(-c5ccc(F)c(F)c5)nc5cccnc54)CC3)CC2)ccn1. The summed E-state index contributed by atoms with van der Waals surface area (Å²) in [6.45, 7) is 4.65. The number of nitrogens with zero attached hydrogens (tertiary/aromatic N) is 6. The quantitative estimate of drug-likeness (QED) is 0.366. The highest BCUT2D eigenvalue weighted by molar-refractivity contribution is 5.83. The first kappa shape index (κ1) is 26.5. The summed E-state index contributed by atoms with van der Waals surface area (Å²) in [4.78, 5) is 31.1. The highest BCUT2D eigenvalue weighted by Gasteiger charge is 2.30. The number of carbonyl (C=O) groups excluding carboxylic acids is 1. The lowest BCUT2D eigenvalue weighted by molar-refractivity contribution is -0.125. The van der Waals surface area contributed by atoms with Crippen LogP contribution in [0.1, 0.15) is 37.3 Å². The van der Waals surface area contributed by atoms with E-state index in [1.54, 1.807) is 18.5 Å². The van der Waals surface area contributed by atoms with E-state index in [1.165, 1.54) is 6.07 Å². The van der Waals surface area contributed by atoms with Crippen LogP contribution in [0.15, 0.2) is 54.9 Å². The van der Waals surface area contributed by atoms with E-state index < -0.39 is 11.6 Å². The van der Waals surface area contributed by atoms with Gasteiger partial charge in [0.15, 0.2) is 17.3 Å². The van der Waals surface area contributed by atoms with E-state index in [1.807, 2.05) is 24.3 Å². The molecular formula is C30H33F2N7O. The van der Waals surface area contributed by atoms with Crippen LogP contribution >= 0.6 is 0 Å². The number of hydrogen-bond acceptors (Lipinski definition) is 7. The number of likely N-dealkylation sites (tertiary alicyclic amines) is 2. The molecule has 0 bridgehead atoms. The molecule has 10 heteroatoms. The maximum absolute atomic E-state index is 14.1. The van der Waals surface area contributed by atoms with Crippen molar-refractivity contribution < 1.29 is 13.6 Å². The van der Waals surface area contributed by atoms with Gasteiger partial charge in [-0.1, -0.05) is 0 Å². The number of pyridine rings is 2. The monoisotopic (exact) mass is 545 g/mol. The Balaban J connectivity index is 1.07. The van der Waals surface area contributed by atoms with Crippen LogP contribution in [0.4, 0.5) is 14.6 Å². The summed E-state index contributed by atoms with van der Waals surface area (Å²) in [5.74, 6) is -0.244. The number of nitrogen functional groups attached to an aromatic ring is 1. The first-order valence-corrected chi connectivity index (χ1v) is 13.9. The molecule has 0 aliphatic carbocycles. The van der Waals surface area contributed by atoms with E-state index in [9.17, 15) is 13.6 Å². The number of piperidine rings is 2. The molecule has 0 radical (unpaired) electrons. The average Bonchev–Trinajstić information content (AvgIpc) is 3.35. The first-order chi connectivity index (χ1) is 19.4. The number of halogens is 2. The lowest BCUT2D eigenvalue weighted by Crippen LogP contribution is -2.42. The number of carbonyl (C=O) groups is 1. The van der Waals surface area contributed by atoms with Crippen molar-refractivity contribution in [3.63, 3.8) is 0 Å². The molecule has 5 heterocycles. The lowest BCUT2D eigenvalue weighted by Gasteiger charge is -2.35. The number of benzene rings is 1. The second-order valence-corrected chi connectivity index (χ2v) is 10.9. The predicted octanol–water partition coefficient (Wildman–Crippen LogP) is 4.47. The van der Waals surface area contributed by atoms with Gasteiger partial charge in [-0.05, 0) is 86.8 Å². The summed E-state index contributed by atoms with van der Waals surface area (Å²) in [6.07, 6.45) is 6.85. The van der Waals surface area contributed by atoms with Crippen LogP contribution in [-0.4, -0.2) is 67.8 Å². The lowest BCUT2D eigenvalue weighted by atomic mass is 9.91. The Morgan fingerprint density at radius 1 is 0.900 bits per heavy atom. The topological polar surface area (TPSA) is 93.2 Å². The van der Waals surface area contributed by atoms with Gasteiger partial charge in [0.05, 0.1) is 6.54 Å². The van der Waals surface area contributed by atoms with E-state index in [4.69, 9.17) is 10.7 Å². The number of Topliss-reactive ketones (excluding diaryl/α,β-unsaturated/α-hetero) is 1. The number of ketones is 1. The molecule has 1 aromatic carbocycles. The molecule has 0 saturated carbocycles. The Morgan fingerprint density at radius 2 is 1.68 bits per heavy atom. The van der Waals surface area contributed by atoms with Crippen molar-refractivity contribution in [3.8, 4) is 11.4 Å². The largest absolute Gasteiger partial charge is 0.384 e. The number of aromatic nitrogens is 4. The molecule has 6 rings (SSSR count). The maximum atomic E-state index is 14.1. The minimum atomic E-state index is -0.898. The second-order valence-electron chi connectivity index (χ2n) is 10.9. The Bertz CT molecular complexity index is 1510. The smallest absolute Gasteiger partial charge is 0.160 e. The highest BCUT2D eigenvalue weighted by Crippen LogP contribution is 2.33. The molecule has 0 unspecified atom stereocenters. The second kappa shape index (κ2) is 11.4. The van der Waals surface area contributed by atoms with Crippen molar-refractivity contribution in [2.45, 2.75) is 38.3 Å². The van der Waals surface area contributed by atoms with E-state index in [2.05, 4.69) is 24.3 Å². The summed E-state index contributed by atoms with van der Waals surface area (Å²) in [7, 11) is 0. The Kier molecular flexibility index (Phi) is 7.53. The van der Waals surface area contributed by atoms with Crippen LogP contribution in [0.5, 0.6) is 0 Å². The zero-order valence-corrected chi connectivity index (χ0v) is 22.3. The number of rotatable bonds is 7. The fourth-order valence-corrected chi connectivity index (χ4v) is 6.06. The van der Waals surface area contributed by atoms with Gasteiger partial charge in [0.1, 0.15) is 22.9 Å². The van der Waals surface area contributed by atoms with Gasteiger partial charge in [-0.25, -0.2) is 23.7 Å². The number of anilines is 1. The molecule has 2 saturated heterocycles. The van der Waals surface area contributed by atoms with Gasteiger partial charge < -0.3 is 10.3 Å². The standard InChI is InChI=1S/C30H33F2N7O/c31-24-4-3-22(17-25(24)32)29-36-26-2-1-10-35-30(26)39(29)23-8-14-38(15-9-23)19-27(40)21-6-12-37(13-7-21)18-20-5-11-34-28(33)16-20/h1-5,10-11,16-17,21,23H,6-9,12-15,18-19H2,(H2,33,34). The van der Waals surface area contributed by atoms with Crippen molar-refractivity contribution >= 4 is 22.8 Å². The maximum Gasteiger partial charge on any atom is 0.160 e. The predicted molar refractivity (Wildman–Crippen MR) is 149 cm³/mol. The molecule has 4 aromatic rings. The summed E-state index contributed by atoms with van der Waals surface area (Å²) in [5, 5.41) is 0. The Morgan fingerprint density at radius 3 is 2.42 bits per heavy atom. The zero-order valence-electron chi connectivity index (χ0n) is 22.3. The molecule has 3 aromatic heterocycles. The third-order valence-corrected chi connectivity index (χ3v) is 8.22. The van der Waals surface area contributed by atoms with E-state index >= 15 is 0 Å². The molecule has 8 nitrogen and oxygen atoms in total. The van der Waals surface area contributed by atoms with Crippen molar-refractivity contribution in [1.29, 1.82) is 0 Å². The number of imidazole rings is 1. The summed E-state index contributed by atoms with van der Waals surface area (Å²) >= 11 is 0. The zero-order chi connectivity index (χ0) is 27.6. The van der Waals surface area contributed by atoms with E-state index in [-0.39, 0.29) is 12.0 Å². The fourth-order valence-electron chi connectivity index (χ4n) is 6.06. The third kappa shape index (κ3) is 5.59. The van der Waals surface area contributed by atoms with Gasteiger partial charge >= 0.3 is 0 Å². The molecular weight excluding hydrogens is 512 g/mol. The van der Waals surface area contributed by atoms with Gasteiger partial charge in [-0.15, -0.1) is 0 Å². The Labute approximate surface area is 231 Å². The summed E-state index contributed by atoms with van der Waals surface area (Å²) in [6, 6.07) is 11.6. The summed E-state index contributed by atoms with van der Waals surface area (Å²) in [5.41, 5.74) is 8.93. The van der Waals surface area contributed by atoms with E-state index in [0.29, 0.717) is 29.5 Å². The number of nitrogens with two attached hydrogens (primary N) is 1. The molecule has 208 valence electrons. The van der Waals surface area contributed by atoms with Gasteiger partial charge in [0.2, 0.25) is 0 Å². The van der Waals surface area contributed by atoms with Crippen molar-refractivity contribution in [2.24, 2.45) is 5.92 Å². The summed E-state index contributed by atoms with van der Waals surface area (Å²) < 4.78 is 29.8. The van der Waals surface area contributed by atoms with Crippen LogP contribution in [0, 0.1) is 17.6 Å². The van der Waals surface area contributed by atoms with Crippen molar-refractivity contribution in [2.75, 3.05) is 38.5 Å². The van der Waals surface area contributed by atoms with Crippen molar-refractivity contribution in [3.05, 3.63) is 72.1 Å². The van der Waals surface area contributed by atoms with Crippen LogP contribution in [0.25, 0.3) is 22.6 Å².